The molecule has 3 atom stereocenters. The number of ether oxygens (including phenoxy) is 1. The number of esters is 1. The molecule has 4 heteroatoms. The molecule has 0 radical (unpaired) electrons. The Hall–Kier alpha value is -0.610. The van der Waals surface area contributed by atoms with Crippen molar-refractivity contribution in [1.29, 1.82) is 0 Å². The molecule has 1 saturated carbocycles. The van der Waals surface area contributed by atoms with Gasteiger partial charge < -0.3 is 14.9 Å². The van der Waals surface area contributed by atoms with E-state index >= 15 is 0 Å². The van der Waals surface area contributed by atoms with E-state index in [2.05, 4.69) is 0 Å². The quantitative estimate of drug-likeness (QED) is 0.541. The first-order chi connectivity index (χ1) is 5.61. The maximum absolute atomic E-state index is 10.5. The summed E-state index contributed by atoms with van der Waals surface area (Å²) in [5, 5.41) is 18.6. The number of rotatable bonds is 1. The van der Waals surface area contributed by atoms with Crippen molar-refractivity contribution >= 4 is 5.97 Å². The first kappa shape index (κ1) is 9.48. The fraction of sp³-hybridized carbons (Fsp3) is 0.875. The fourth-order valence-corrected chi connectivity index (χ4v) is 1.46. The molecule has 0 aromatic carbocycles. The van der Waals surface area contributed by atoms with Gasteiger partial charge in [0.15, 0.2) is 0 Å². The van der Waals surface area contributed by atoms with Crippen molar-refractivity contribution in [2.75, 3.05) is 0 Å². The van der Waals surface area contributed by atoms with Crippen LogP contribution < -0.4 is 0 Å². The SMILES string of the molecule is CC(=O)O[C@H]1CCC[C@H](O)[C@@H]1O. The van der Waals surface area contributed by atoms with Crippen molar-refractivity contribution in [1.82, 2.24) is 0 Å². The van der Waals surface area contributed by atoms with Gasteiger partial charge in [-0.05, 0) is 19.3 Å². The molecule has 12 heavy (non-hydrogen) atoms. The Morgan fingerprint density at radius 1 is 1.42 bits per heavy atom. The van der Waals surface area contributed by atoms with Gasteiger partial charge in [0.1, 0.15) is 12.2 Å². The predicted molar refractivity (Wildman–Crippen MR) is 41.4 cm³/mol. The second-order valence-electron chi connectivity index (χ2n) is 3.14. The molecule has 0 saturated heterocycles. The van der Waals surface area contributed by atoms with Crippen LogP contribution >= 0.6 is 0 Å². The Morgan fingerprint density at radius 3 is 2.67 bits per heavy atom. The van der Waals surface area contributed by atoms with E-state index in [4.69, 9.17) is 4.74 Å². The van der Waals surface area contributed by atoms with Gasteiger partial charge in [-0.25, -0.2) is 0 Å². The number of aliphatic hydroxyl groups excluding tert-OH is 2. The van der Waals surface area contributed by atoms with E-state index in [1.165, 1.54) is 6.92 Å². The third-order valence-electron chi connectivity index (χ3n) is 2.08. The summed E-state index contributed by atoms with van der Waals surface area (Å²) >= 11 is 0. The van der Waals surface area contributed by atoms with Crippen molar-refractivity contribution in [3.63, 3.8) is 0 Å². The van der Waals surface area contributed by atoms with Crippen molar-refractivity contribution in [2.24, 2.45) is 0 Å². The lowest BCUT2D eigenvalue weighted by Gasteiger charge is -2.30. The average Bonchev–Trinajstić information content (AvgIpc) is 1.98. The van der Waals surface area contributed by atoms with Crippen LogP contribution in [0.2, 0.25) is 0 Å². The van der Waals surface area contributed by atoms with Crippen LogP contribution in [0, 0.1) is 0 Å². The number of hydrogen-bond donors (Lipinski definition) is 2. The standard InChI is InChI=1S/C8H14O4/c1-5(9)12-7-4-2-3-6(10)8(7)11/h6-8,10-11H,2-4H2,1H3/t6-,7-,8-/m0/s1. The molecule has 1 rings (SSSR count). The highest BCUT2D eigenvalue weighted by atomic mass is 16.6. The zero-order chi connectivity index (χ0) is 9.14. The largest absolute Gasteiger partial charge is 0.460 e. The van der Waals surface area contributed by atoms with Gasteiger partial charge in [0.25, 0.3) is 0 Å². The monoisotopic (exact) mass is 174 g/mol. The summed E-state index contributed by atoms with van der Waals surface area (Å²) in [4.78, 5) is 10.5. The predicted octanol–water partition coefficient (Wildman–Crippen LogP) is -0.176. The number of carbonyl (C=O) groups excluding carboxylic acids is 1. The van der Waals surface area contributed by atoms with Gasteiger partial charge >= 0.3 is 5.97 Å². The van der Waals surface area contributed by atoms with Crippen LogP contribution in [-0.4, -0.2) is 34.5 Å². The molecule has 0 heterocycles. The highest BCUT2D eigenvalue weighted by Gasteiger charge is 2.32. The van der Waals surface area contributed by atoms with E-state index in [-0.39, 0.29) is 0 Å². The second kappa shape index (κ2) is 3.87. The smallest absolute Gasteiger partial charge is 0.302 e. The summed E-state index contributed by atoms with van der Waals surface area (Å²) in [6.45, 7) is 1.30. The molecule has 0 spiro atoms. The van der Waals surface area contributed by atoms with Crippen LogP contribution in [-0.2, 0) is 9.53 Å². The Balaban J connectivity index is 2.46. The molecular weight excluding hydrogens is 160 g/mol. The first-order valence-corrected chi connectivity index (χ1v) is 4.14. The zero-order valence-corrected chi connectivity index (χ0v) is 7.06. The fourth-order valence-electron chi connectivity index (χ4n) is 1.46. The van der Waals surface area contributed by atoms with Crippen molar-refractivity contribution in [3.05, 3.63) is 0 Å². The molecule has 0 aromatic rings. The van der Waals surface area contributed by atoms with Gasteiger partial charge in [0.2, 0.25) is 0 Å². The second-order valence-corrected chi connectivity index (χ2v) is 3.14. The van der Waals surface area contributed by atoms with E-state index in [9.17, 15) is 15.0 Å². The lowest BCUT2D eigenvalue weighted by atomic mass is 9.92. The Kier molecular flexibility index (Phi) is 3.05. The van der Waals surface area contributed by atoms with Crippen LogP contribution in [0.15, 0.2) is 0 Å². The average molecular weight is 174 g/mol. The van der Waals surface area contributed by atoms with Crippen molar-refractivity contribution in [3.8, 4) is 0 Å². The minimum atomic E-state index is -0.914. The van der Waals surface area contributed by atoms with Gasteiger partial charge in [-0.3, -0.25) is 4.79 Å². The molecule has 0 unspecified atom stereocenters. The van der Waals surface area contributed by atoms with Crippen LogP contribution in [0.1, 0.15) is 26.2 Å². The van der Waals surface area contributed by atoms with E-state index in [1.807, 2.05) is 0 Å². The van der Waals surface area contributed by atoms with Crippen molar-refractivity contribution < 1.29 is 19.7 Å². The normalized spacial score (nSPS) is 36.1. The maximum Gasteiger partial charge on any atom is 0.302 e. The molecule has 0 amide bonds. The Bertz CT molecular complexity index is 168. The first-order valence-electron chi connectivity index (χ1n) is 4.14. The van der Waals surface area contributed by atoms with Gasteiger partial charge in [-0.2, -0.15) is 0 Å². The minimum Gasteiger partial charge on any atom is -0.460 e. The molecule has 1 aliphatic rings. The molecule has 0 bridgehead atoms. The van der Waals surface area contributed by atoms with E-state index in [0.29, 0.717) is 12.8 Å². The van der Waals surface area contributed by atoms with Crippen molar-refractivity contribution in [2.45, 2.75) is 44.5 Å². The third kappa shape index (κ3) is 2.19. The molecule has 2 N–H and O–H groups in total. The number of hydrogen-bond acceptors (Lipinski definition) is 4. The van der Waals surface area contributed by atoms with Gasteiger partial charge in [-0.1, -0.05) is 0 Å². The summed E-state index contributed by atoms with van der Waals surface area (Å²) in [6, 6.07) is 0. The lowest BCUT2D eigenvalue weighted by Crippen LogP contribution is -2.43. The number of aliphatic hydroxyl groups is 2. The molecule has 1 fully saturated rings. The van der Waals surface area contributed by atoms with Gasteiger partial charge in [-0.15, -0.1) is 0 Å². The third-order valence-corrected chi connectivity index (χ3v) is 2.08. The topological polar surface area (TPSA) is 66.8 Å². The lowest BCUT2D eigenvalue weighted by molar-refractivity contribution is -0.162. The summed E-state index contributed by atoms with van der Waals surface area (Å²) in [6.07, 6.45) is -0.176. The highest BCUT2D eigenvalue weighted by Crippen LogP contribution is 2.21. The molecule has 70 valence electrons. The summed E-state index contributed by atoms with van der Waals surface area (Å²) in [5.41, 5.74) is 0. The molecule has 0 aromatic heterocycles. The number of carbonyl (C=O) groups is 1. The van der Waals surface area contributed by atoms with E-state index < -0.39 is 24.3 Å². The maximum atomic E-state index is 10.5. The van der Waals surface area contributed by atoms with Crippen LogP contribution in [0.3, 0.4) is 0 Å². The van der Waals surface area contributed by atoms with Gasteiger partial charge in [0, 0.05) is 6.92 Å². The summed E-state index contributed by atoms with van der Waals surface area (Å²) in [7, 11) is 0. The van der Waals surface area contributed by atoms with Gasteiger partial charge in [0.05, 0.1) is 6.10 Å². The zero-order valence-electron chi connectivity index (χ0n) is 7.06. The van der Waals surface area contributed by atoms with E-state index in [1.54, 1.807) is 0 Å². The summed E-state index contributed by atoms with van der Waals surface area (Å²) in [5.74, 6) is -0.409. The molecule has 4 nitrogen and oxygen atoms in total. The summed E-state index contributed by atoms with van der Waals surface area (Å²) < 4.78 is 4.82. The van der Waals surface area contributed by atoms with Crippen LogP contribution in [0.4, 0.5) is 0 Å². The Labute approximate surface area is 71.2 Å². The molecule has 0 aliphatic heterocycles. The molecular formula is C8H14O4. The highest BCUT2D eigenvalue weighted by molar-refractivity contribution is 5.66. The minimum absolute atomic E-state index is 0.409. The Morgan fingerprint density at radius 2 is 2.08 bits per heavy atom. The molecule has 1 aliphatic carbocycles. The van der Waals surface area contributed by atoms with Crippen LogP contribution in [0.25, 0.3) is 0 Å². The van der Waals surface area contributed by atoms with Crippen LogP contribution in [0.5, 0.6) is 0 Å². The van der Waals surface area contributed by atoms with E-state index in [0.717, 1.165) is 6.42 Å².